The smallest absolute Gasteiger partial charge is 0.122 e. The fourth-order valence-electron chi connectivity index (χ4n) is 2.30. The summed E-state index contributed by atoms with van der Waals surface area (Å²) in [7, 11) is 0. The minimum atomic E-state index is 0.477. The largest absolute Gasteiger partial charge is 0.490 e. The van der Waals surface area contributed by atoms with Crippen LogP contribution >= 0.6 is 11.6 Å². The first-order valence-electron chi connectivity index (χ1n) is 7.94. The standard InChI is InChI=1S/C19H24ClNO2/c1-14(2)15-3-6-18(7-4-15)22-11-12-23-19-8-5-17(20)13-16(19)9-10-21/h3-8,13-14H,9-12,21H2,1-2H3. The molecule has 2 aromatic carbocycles. The predicted molar refractivity (Wildman–Crippen MR) is 95.7 cm³/mol. The van der Waals surface area contributed by atoms with E-state index in [9.17, 15) is 0 Å². The van der Waals surface area contributed by atoms with Crippen LogP contribution in [0.1, 0.15) is 30.9 Å². The average Bonchev–Trinajstić information content (AvgIpc) is 2.54. The van der Waals surface area contributed by atoms with Crippen molar-refractivity contribution >= 4 is 11.6 Å². The Morgan fingerprint density at radius 2 is 1.70 bits per heavy atom. The minimum absolute atomic E-state index is 0.477. The van der Waals surface area contributed by atoms with Crippen LogP contribution in [0.15, 0.2) is 42.5 Å². The van der Waals surface area contributed by atoms with Crippen molar-refractivity contribution in [3.8, 4) is 11.5 Å². The fraction of sp³-hybridized carbons (Fsp3) is 0.368. The van der Waals surface area contributed by atoms with Crippen molar-refractivity contribution in [2.75, 3.05) is 19.8 Å². The second-order valence-electron chi connectivity index (χ2n) is 5.71. The van der Waals surface area contributed by atoms with E-state index in [0.717, 1.165) is 23.5 Å². The molecule has 0 unspecified atom stereocenters. The van der Waals surface area contributed by atoms with Crippen LogP contribution in [0.4, 0.5) is 0 Å². The zero-order chi connectivity index (χ0) is 16.7. The van der Waals surface area contributed by atoms with Crippen molar-refractivity contribution in [1.82, 2.24) is 0 Å². The molecule has 0 bridgehead atoms. The van der Waals surface area contributed by atoms with E-state index >= 15 is 0 Å². The second-order valence-corrected chi connectivity index (χ2v) is 6.15. The van der Waals surface area contributed by atoms with E-state index in [1.54, 1.807) is 0 Å². The summed E-state index contributed by atoms with van der Waals surface area (Å²) >= 11 is 6.01. The molecule has 2 rings (SSSR count). The van der Waals surface area contributed by atoms with Gasteiger partial charge in [0.1, 0.15) is 24.7 Å². The first-order valence-corrected chi connectivity index (χ1v) is 8.32. The van der Waals surface area contributed by atoms with Gasteiger partial charge in [-0.1, -0.05) is 37.6 Å². The van der Waals surface area contributed by atoms with Crippen LogP contribution in [0.2, 0.25) is 5.02 Å². The highest BCUT2D eigenvalue weighted by atomic mass is 35.5. The Hall–Kier alpha value is -1.71. The fourth-order valence-corrected chi connectivity index (χ4v) is 2.49. The molecule has 124 valence electrons. The second kappa shape index (κ2) is 8.80. The Bertz CT molecular complexity index is 611. The van der Waals surface area contributed by atoms with E-state index in [1.807, 2.05) is 30.3 Å². The molecule has 0 heterocycles. The number of halogens is 1. The van der Waals surface area contributed by atoms with E-state index in [4.69, 9.17) is 26.8 Å². The third-order valence-corrected chi connectivity index (χ3v) is 3.83. The van der Waals surface area contributed by atoms with E-state index in [0.29, 0.717) is 30.7 Å². The molecule has 0 spiro atoms. The van der Waals surface area contributed by atoms with Crippen LogP contribution in [-0.2, 0) is 6.42 Å². The molecule has 0 aromatic heterocycles. The quantitative estimate of drug-likeness (QED) is 0.727. The van der Waals surface area contributed by atoms with Gasteiger partial charge in [-0.05, 0) is 60.3 Å². The maximum absolute atomic E-state index is 6.01. The van der Waals surface area contributed by atoms with Gasteiger partial charge in [-0.3, -0.25) is 0 Å². The maximum Gasteiger partial charge on any atom is 0.122 e. The third-order valence-electron chi connectivity index (χ3n) is 3.59. The van der Waals surface area contributed by atoms with Crippen molar-refractivity contribution in [2.24, 2.45) is 5.73 Å². The van der Waals surface area contributed by atoms with Crippen LogP contribution in [0.25, 0.3) is 0 Å². The summed E-state index contributed by atoms with van der Waals surface area (Å²) in [6.07, 6.45) is 0.743. The number of rotatable bonds is 8. The first kappa shape index (κ1) is 17.6. The highest BCUT2D eigenvalue weighted by Gasteiger charge is 2.05. The minimum Gasteiger partial charge on any atom is -0.490 e. The molecule has 0 aliphatic rings. The molecule has 23 heavy (non-hydrogen) atoms. The normalized spacial score (nSPS) is 10.8. The summed E-state index contributed by atoms with van der Waals surface area (Å²) in [6.45, 7) is 5.88. The summed E-state index contributed by atoms with van der Waals surface area (Å²) in [4.78, 5) is 0. The maximum atomic E-state index is 6.01. The molecule has 2 aromatic rings. The molecular formula is C19H24ClNO2. The lowest BCUT2D eigenvalue weighted by Gasteiger charge is -2.13. The highest BCUT2D eigenvalue weighted by molar-refractivity contribution is 6.30. The van der Waals surface area contributed by atoms with Gasteiger partial charge in [0.25, 0.3) is 0 Å². The van der Waals surface area contributed by atoms with Crippen LogP contribution in [0, 0.1) is 0 Å². The van der Waals surface area contributed by atoms with Gasteiger partial charge < -0.3 is 15.2 Å². The first-order chi connectivity index (χ1) is 11.1. The van der Waals surface area contributed by atoms with Gasteiger partial charge in [0.2, 0.25) is 0 Å². The molecule has 3 nitrogen and oxygen atoms in total. The molecule has 0 radical (unpaired) electrons. The zero-order valence-corrected chi connectivity index (χ0v) is 14.5. The Morgan fingerprint density at radius 3 is 2.35 bits per heavy atom. The number of ether oxygens (including phenoxy) is 2. The molecule has 0 amide bonds. The van der Waals surface area contributed by atoms with Crippen molar-refractivity contribution in [3.05, 3.63) is 58.6 Å². The van der Waals surface area contributed by atoms with Gasteiger partial charge in [0, 0.05) is 5.02 Å². The van der Waals surface area contributed by atoms with Crippen LogP contribution in [-0.4, -0.2) is 19.8 Å². The van der Waals surface area contributed by atoms with Crippen LogP contribution in [0.3, 0.4) is 0 Å². The highest BCUT2D eigenvalue weighted by Crippen LogP contribution is 2.23. The monoisotopic (exact) mass is 333 g/mol. The molecule has 0 aliphatic carbocycles. The summed E-state index contributed by atoms with van der Waals surface area (Å²) < 4.78 is 11.5. The zero-order valence-electron chi connectivity index (χ0n) is 13.7. The summed E-state index contributed by atoms with van der Waals surface area (Å²) in [6, 6.07) is 13.8. The summed E-state index contributed by atoms with van der Waals surface area (Å²) in [5, 5.41) is 0.697. The van der Waals surface area contributed by atoms with Crippen molar-refractivity contribution in [2.45, 2.75) is 26.2 Å². The SMILES string of the molecule is CC(C)c1ccc(OCCOc2ccc(Cl)cc2CCN)cc1. The van der Waals surface area contributed by atoms with Gasteiger partial charge >= 0.3 is 0 Å². The van der Waals surface area contributed by atoms with E-state index in [-0.39, 0.29) is 0 Å². The number of benzene rings is 2. The van der Waals surface area contributed by atoms with Crippen molar-refractivity contribution in [3.63, 3.8) is 0 Å². The van der Waals surface area contributed by atoms with Crippen molar-refractivity contribution in [1.29, 1.82) is 0 Å². The van der Waals surface area contributed by atoms with Gasteiger partial charge in [0.15, 0.2) is 0 Å². The number of hydrogen-bond acceptors (Lipinski definition) is 3. The number of nitrogens with two attached hydrogens (primary N) is 1. The lowest BCUT2D eigenvalue weighted by atomic mass is 10.0. The summed E-state index contributed by atoms with van der Waals surface area (Å²) in [5.74, 6) is 2.20. The lowest BCUT2D eigenvalue weighted by molar-refractivity contribution is 0.216. The Kier molecular flexibility index (Phi) is 6.75. The Labute approximate surface area is 143 Å². The van der Waals surface area contributed by atoms with Gasteiger partial charge in [0.05, 0.1) is 0 Å². The van der Waals surface area contributed by atoms with Gasteiger partial charge in [-0.25, -0.2) is 0 Å². The molecule has 0 fully saturated rings. The molecule has 0 saturated heterocycles. The molecule has 0 atom stereocenters. The van der Waals surface area contributed by atoms with Gasteiger partial charge in [-0.15, -0.1) is 0 Å². The van der Waals surface area contributed by atoms with E-state index in [1.165, 1.54) is 5.56 Å². The summed E-state index contributed by atoms with van der Waals surface area (Å²) in [5.41, 5.74) is 7.96. The molecule has 0 aliphatic heterocycles. The lowest BCUT2D eigenvalue weighted by Crippen LogP contribution is -2.11. The Balaban J connectivity index is 1.83. The molecule has 4 heteroatoms. The van der Waals surface area contributed by atoms with Gasteiger partial charge in [-0.2, -0.15) is 0 Å². The topological polar surface area (TPSA) is 44.5 Å². The Morgan fingerprint density at radius 1 is 1.00 bits per heavy atom. The van der Waals surface area contributed by atoms with Crippen LogP contribution in [0.5, 0.6) is 11.5 Å². The average molecular weight is 334 g/mol. The van der Waals surface area contributed by atoms with Crippen LogP contribution < -0.4 is 15.2 Å². The van der Waals surface area contributed by atoms with E-state index < -0.39 is 0 Å². The van der Waals surface area contributed by atoms with Crippen molar-refractivity contribution < 1.29 is 9.47 Å². The van der Waals surface area contributed by atoms with E-state index in [2.05, 4.69) is 26.0 Å². The molecule has 2 N–H and O–H groups in total. The molecule has 0 saturated carbocycles. The number of hydrogen-bond donors (Lipinski definition) is 1. The third kappa shape index (κ3) is 5.45. The molecular weight excluding hydrogens is 310 g/mol. The predicted octanol–water partition coefficient (Wildman–Crippen LogP) is 4.42.